The Labute approximate surface area is 63.5 Å². The molecule has 0 fully saturated rings. The highest BCUT2D eigenvalue weighted by Gasteiger charge is 1.98. The van der Waals surface area contributed by atoms with Gasteiger partial charge in [-0.25, -0.2) is 0 Å². The molecule has 0 aromatic carbocycles. The lowest BCUT2D eigenvalue weighted by molar-refractivity contribution is 0.660. The smallest absolute Gasteiger partial charge is 0.0962 e. The third kappa shape index (κ3) is 4.36. The van der Waals surface area contributed by atoms with Crippen LogP contribution < -0.4 is 5.73 Å². The molecule has 10 heavy (non-hydrogen) atoms. The molecule has 0 aromatic rings. The fraction of sp³-hybridized carbons (Fsp3) is 0.875. The Morgan fingerprint density at radius 2 is 1.80 bits per heavy atom. The van der Waals surface area contributed by atoms with E-state index in [0.717, 1.165) is 12.4 Å². The summed E-state index contributed by atoms with van der Waals surface area (Å²) >= 11 is 0. The molecule has 0 saturated heterocycles. The van der Waals surface area contributed by atoms with Gasteiger partial charge in [-0.05, 0) is 5.92 Å². The number of nitrogens with two attached hydrogens (primary N) is 1. The maximum Gasteiger partial charge on any atom is 0.0962 e. The van der Waals surface area contributed by atoms with Gasteiger partial charge in [0.15, 0.2) is 0 Å². The van der Waals surface area contributed by atoms with Crippen molar-refractivity contribution in [2.75, 3.05) is 6.54 Å². The van der Waals surface area contributed by atoms with Crippen LogP contribution in [0.25, 0.3) is 0 Å². The summed E-state index contributed by atoms with van der Waals surface area (Å²) in [7, 11) is 0. The van der Waals surface area contributed by atoms with E-state index in [0.29, 0.717) is 11.8 Å². The number of rotatable bonds is 3. The van der Waals surface area contributed by atoms with Crippen LogP contribution >= 0.6 is 0 Å². The van der Waals surface area contributed by atoms with Crippen molar-refractivity contribution < 1.29 is 0 Å². The van der Waals surface area contributed by atoms with E-state index in [1.165, 1.54) is 0 Å². The molecule has 0 heterocycles. The van der Waals surface area contributed by atoms with Crippen LogP contribution in [-0.4, -0.2) is 12.4 Å². The summed E-state index contributed by atoms with van der Waals surface area (Å²) in [6, 6.07) is 0. The zero-order chi connectivity index (χ0) is 8.15. The van der Waals surface area contributed by atoms with Crippen molar-refractivity contribution in [3.8, 4) is 0 Å². The maximum atomic E-state index is 5.61. The van der Waals surface area contributed by atoms with Crippen LogP contribution in [0.4, 0.5) is 0 Å². The summed E-state index contributed by atoms with van der Waals surface area (Å²) in [6.07, 6.45) is 0. The van der Waals surface area contributed by atoms with E-state index < -0.39 is 0 Å². The first-order valence-corrected chi connectivity index (χ1v) is 3.83. The van der Waals surface area contributed by atoms with E-state index in [2.05, 4.69) is 32.7 Å². The van der Waals surface area contributed by atoms with E-state index in [1.54, 1.807) is 0 Å². The minimum Gasteiger partial charge on any atom is -0.387 e. The van der Waals surface area contributed by atoms with Crippen LogP contribution in [0.15, 0.2) is 4.99 Å². The van der Waals surface area contributed by atoms with Crippen molar-refractivity contribution in [1.82, 2.24) is 0 Å². The summed E-state index contributed by atoms with van der Waals surface area (Å²) in [5.41, 5.74) is 5.61. The van der Waals surface area contributed by atoms with Crippen LogP contribution in [0.1, 0.15) is 27.7 Å². The molecule has 0 bridgehead atoms. The Hall–Kier alpha value is -0.530. The Morgan fingerprint density at radius 1 is 1.30 bits per heavy atom. The first-order chi connectivity index (χ1) is 4.54. The number of hydrogen-bond donors (Lipinski definition) is 1. The monoisotopic (exact) mass is 142 g/mol. The predicted octanol–water partition coefficient (Wildman–Crippen LogP) is 1.66. The van der Waals surface area contributed by atoms with Gasteiger partial charge < -0.3 is 5.73 Å². The fourth-order valence-corrected chi connectivity index (χ4v) is 0.471. The molecule has 2 nitrogen and oxygen atoms in total. The first kappa shape index (κ1) is 9.47. The molecular formula is C8H18N2. The van der Waals surface area contributed by atoms with E-state index in [4.69, 9.17) is 5.73 Å². The largest absolute Gasteiger partial charge is 0.387 e. The first-order valence-electron chi connectivity index (χ1n) is 3.83. The second kappa shape index (κ2) is 4.31. The lowest BCUT2D eigenvalue weighted by atomic mass is 10.2. The van der Waals surface area contributed by atoms with Gasteiger partial charge in [-0.1, -0.05) is 27.7 Å². The van der Waals surface area contributed by atoms with Gasteiger partial charge in [-0.2, -0.15) is 0 Å². The van der Waals surface area contributed by atoms with Gasteiger partial charge >= 0.3 is 0 Å². The number of nitrogens with zero attached hydrogens (tertiary/aromatic N) is 1. The van der Waals surface area contributed by atoms with Crippen LogP contribution in [0.5, 0.6) is 0 Å². The molecule has 0 rings (SSSR count). The van der Waals surface area contributed by atoms with E-state index >= 15 is 0 Å². The summed E-state index contributed by atoms with van der Waals surface area (Å²) in [5, 5.41) is 0. The van der Waals surface area contributed by atoms with Gasteiger partial charge in [-0.15, -0.1) is 0 Å². The lowest BCUT2D eigenvalue weighted by Crippen LogP contribution is -2.19. The van der Waals surface area contributed by atoms with Crippen LogP contribution in [0, 0.1) is 11.8 Å². The number of hydrogen-bond acceptors (Lipinski definition) is 1. The zero-order valence-corrected chi connectivity index (χ0v) is 7.39. The van der Waals surface area contributed by atoms with E-state index in [-0.39, 0.29) is 0 Å². The second-order valence-electron chi connectivity index (χ2n) is 3.31. The van der Waals surface area contributed by atoms with Crippen LogP contribution in [0.2, 0.25) is 0 Å². The second-order valence-corrected chi connectivity index (χ2v) is 3.31. The normalized spacial score (nSPS) is 13.2. The standard InChI is InChI=1S/C8H18N2/c1-6(2)5-10-8(9)7(3)4/h6-7H,5H2,1-4H3,(H2,9,10). The molecule has 0 aliphatic carbocycles. The summed E-state index contributed by atoms with van der Waals surface area (Å²) in [4.78, 5) is 4.22. The highest BCUT2D eigenvalue weighted by molar-refractivity contribution is 5.82. The Kier molecular flexibility index (Phi) is 4.08. The van der Waals surface area contributed by atoms with Gasteiger partial charge in [0.1, 0.15) is 0 Å². The Bertz CT molecular complexity index is 114. The van der Waals surface area contributed by atoms with Crippen molar-refractivity contribution in [3.63, 3.8) is 0 Å². The highest BCUT2D eigenvalue weighted by Crippen LogP contribution is 1.95. The number of aliphatic imine (C=N–C) groups is 1. The molecule has 0 aromatic heterocycles. The van der Waals surface area contributed by atoms with Crippen molar-refractivity contribution in [3.05, 3.63) is 0 Å². The van der Waals surface area contributed by atoms with Crippen molar-refractivity contribution >= 4 is 5.84 Å². The fourth-order valence-electron chi connectivity index (χ4n) is 0.471. The molecule has 2 heteroatoms. The van der Waals surface area contributed by atoms with Crippen molar-refractivity contribution in [2.45, 2.75) is 27.7 Å². The summed E-state index contributed by atoms with van der Waals surface area (Å²) in [6.45, 7) is 9.23. The van der Waals surface area contributed by atoms with Gasteiger partial charge in [-0.3, -0.25) is 4.99 Å². The molecule has 60 valence electrons. The minimum absolute atomic E-state index is 0.388. The molecule has 0 amide bonds. The average Bonchev–Trinajstić information content (AvgIpc) is 1.82. The molecule has 2 N–H and O–H groups in total. The highest BCUT2D eigenvalue weighted by atomic mass is 14.9. The van der Waals surface area contributed by atoms with Gasteiger partial charge in [0.05, 0.1) is 5.84 Å². The topological polar surface area (TPSA) is 38.4 Å². The third-order valence-electron chi connectivity index (χ3n) is 1.23. The van der Waals surface area contributed by atoms with Crippen LogP contribution in [-0.2, 0) is 0 Å². The van der Waals surface area contributed by atoms with E-state index in [1.807, 2.05) is 0 Å². The Balaban J connectivity index is 3.69. The summed E-state index contributed by atoms with van der Waals surface area (Å²) in [5.74, 6) is 1.77. The maximum absolute atomic E-state index is 5.61. The van der Waals surface area contributed by atoms with Crippen LogP contribution in [0.3, 0.4) is 0 Å². The molecule has 0 saturated carbocycles. The lowest BCUT2D eigenvalue weighted by Gasteiger charge is -2.04. The molecule has 0 radical (unpaired) electrons. The van der Waals surface area contributed by atoms with Gasteiger partial charge in [0, 0.05) is 12.5 Å². The SMILES string of the molecule is CC(C)CN=C(N)C(C)C. The zero-order valence-electron chi connectivity index (χ0n) is 7.39. The third-order valence-corrected chi connectivity index (χ3v) is 1.23. The average molecular weight is 142 g/mol. The molecule has 0 unspecified atom stereocenters. The molecule has 0 spiro atoms. The molecule has 0 aliphatic rings. The molecule has 0 atom stereocenters. The quantitative estimate of drug-likeness (QED) is 0.472. The summed E-state index contributed by atoms with van der Waals surface area (Å²) < 4.78 is 0. The Morgan fingerprint density at radius 3 is 2.10 bits per heavy atom. The molecular weight excluding hydrogens is 124 g/mol. The number of amidine groups is 1. The van der Waals surface area contributed by atoms with E-state index in [9.17, 15) is 0 Å². The molecule has 0 aliphatic heterocycles. The minimum atomic E-state index is 0.388. The van der Waals surface area contributed by atoms with Crippen molar-refractivity contribution in [1.29, 1.82) is 0 Å². The predicted molar refractivity (Wildman–Crippen MR) is 46.2 cm³/mol. The van der Waals surface area contributed by atoms with Gasteiger partial charge in [0.25, 0.3) is 0 Å². The van der Waals surface area contributed by atoms with Crippen molar-refractivity contribution in [2.24, 2.45) is 22.6 Å². The van der Waals surface area contributed by atoms with Gasteiger partial charge in [0.2, 0.25) is 0 Å².